The zero-order valence-electron chi connectivity index (χ0n) is 8.27. The van der Waals surface area contributed by atoms with E-state index in [1.54, 1.807) is 6.92 Å². The van der Waals surface area contributed by atoms with E-state index in [4.69, 9.17) is 4.74 Å². The molecule has 0 aliphatic rings. The minimum Gasteiger partial charge on any atom is -0.493 e. The van der Waals surface area contributed by atoms with E-state index in [9.17, 15) is 18.0 Å². The fourth-order valence-electron chi connectivity index (χ4n) is 1.11. The van der Waals surface area contributed by atoms with Crippen LogP contribution in [-0.2, 0) is 0 Å². The Hall–Kier alpha value is -1.04. The summed E-state index contributed by atoms with van der Waals surface area (Å²) in [5, 5.41) is 0. The first-order valence-electron chi connectivity index (χ1n) is 4.40. The first-order valence-corrected chi connectivity index (χ1v) is 5.19. The molecule has 0 aromatic heterocycles. The van der Waals surface area contributed by atoms with Crippen LogP contribution in [0.4, 0.5) is 13.2 Å². The largest absolute Gasteiger partial charge is 0.493 e. The van der Waals surface area contributed by atoms with Crippen molar-refractivity contribution in [2.24, 2.45) is 0 Å². The second-order valence-electron chi connectivity index (χ2n) is 2.90. The van der Waals surface area contributed by atoms with Crippen molar-refractivity contribution in [3.05, 3.63) is 28.2 Å². The van der Waals surface area contributed by atoms with Crippen molar-refractivity contribution < 1.29 is 22.7 Å². The van der Waals surface area contributed by atoms with Crippen LogP contribution in [0.25, 0.3) is 0 Å². The lowest BCUT2D eigenvalue weighted by molar-refractivity contribution is -0.0886. The zero-order valence-corrected chi connectivity index (χ0v) is 9.85. The first kappa shape index (κ1) is 13.0. The molecule has 0 spiro atoms. The van der Waals surface area contributed by atoms with Gasteiger partial charge in [-0.15, -0.1) is 0 Å². The SMILES string of the molecule is CCOc1ccc(Br)cc1C(=O)C(F)(F)F. The van der Waals surface area contributed by atoms with Gasteiger partial charge in [-0.25, -0.2) is 0 Å². The van der Waals surface area contributed by atoms with Gasteiger partial charge in [-0.3, -0.25) is 4.79 Å². The van der Waals surface area contributed by atoms with E-state index < -0.39 is 17.5 Å². The molecule has 0 saturated heterocycles. The zero-order chi connectivity index (χ0) is 12.3. The second kappa shape index (κ2) is 4.86. The Kier molecular flexibility index (Phi) is 3.96. The molecule has 0 unspecified atom stereocenters. The molecular weight excluding hydrogens is 289 g/mol. The van der Waals surface area contributed by atoms with Gasteiger partial charge in [0.1, 0.15) is 5.75 Å². The van der Waals surface area contributed by atoms with Gasteiger partial charge >= 0.3 is 6.18 Å². The van der Waals surface area contributed by atoms with Crippen molar-refractivity contribution in [2.45, 2.75) is 13.1 Å². The number of Topliss-reactive ketones (excluding diaryl/α,β-unsaturated/α-hetero) is 1. The Morgan fingerprint density at radius 3 is 2.56 bits per heavy atom. The average Bonchev–Trinajstić information content (AvgIpc) is 2.18. The highest BCUT2D eigenvalue weighted by atomic mass is 79.9. The molecule has 16 heavy (non-hydrogen) atoms. The molecule has 0 bridgehead atoms. The molecule has 0 N–H and O–H groups in total. The fourth-order valence-corrected chi connectivity index (χ4v) is 1.47. The molecule has 1 rings (SSSR count). The lowest BCUT2D eigenvalue weighted by Gasteiger charge is -2.11. The fraction of sp³-hybridized carbons (Fsp3) is 0.300. The third-order valence-corrected chi connectivity index (χ3v) is 2.24. The number of halogens is 4. The van der Waals surface area contributed by atoms with Crippen LogP contribution in [0.2, 0.25) is 0 Å². The Morgan fingerprint density at radius 2 is 2.06 bits per heavy atom. The summed E-state index contributed by atoms with van der Waals surface area (Å²) in [6, 6.07) is 3.94. The number of ether oxygens (including phenoxy) is 1. The van der Waals surface area contributed by atoms with E-state index in [-0.39, 0.29) is 12.4 Å². The van der Waals surface area contributed by atoms with Crippen molar-refractivity contribution in [2.75, 3.05) is 6.61 Å². The number of alkyl halides is 3. The van der Waals surface area contributed by atoms with Gasteiger partial charge in [0, 0.05) is 4.47 Å². The van der Waals surface area contributed by atoms with Crippen molar-refractivity contribution in [3.8, 4) is 5.75 Å². The monoisotopic (exact) mass is 296 g/mol. The number of hydrogen-bond donors (Lipinski definition) is 0. The number of carbonyl (C=O) groups excluding carboxylic acids is 1. The van der Waals surface area contributed by atoms with Gasteiger partial charge in [0.2, 0.25) is 0 Å². The van der Waals surface area contributed by atoms with Gasteiger partial charge in [0.15, 0.2) is 0 Å². The summed E-state index contributed by atoms with van der Waals surface area (Å²) in [4.78, 5) is 11.1. The second-order valence-corrected chi connectivity index (χ2v) is 3.82. The quantitative estimate of drug-likeness (QED) is 0.797. The summed E-state index contributed by atoms with van der Waals surface area (Å²) >= 11 is 3.01. The Labute approximate surface area is 98.5 Å². The molecule has 0 heterocycles. The number of benzene rings is 1. The van der Waals surface area contributed by atoms with Gasteiger partial charge in [-0.2, -0.15) is 13.2 Å². The highest BCUT2D eigenvalue weighted by Crippen LogP contribution is 2.30. The third kappa shape index (κ3) is 2.98. The summed E-state index contributed by atoms with van der Waals surface area (Å²) in [5.41, 5.74) is -0.483. The van der Waals surface area contributed by atoms with E-state index in [2.05, 4.69) is 15.9 Å². The minimum atomic E-state index is -4.90. The van der Waals surface area contributed by atoms with Crippen molar-refractivity contribution in [1.29, 1.82) is 0 Å². The van der Waals surface area contributed by atoms with Gasteiger partial charge in [0.25, 0.3) is 5.78 Å². The predicted molar refractivity (Wildman–Crippen MR) is 55.7 cm³/mol. The standard InChI is InChI=1S/C10H8BrF3O2/c1-2-16-8-4-3-6(11)5-7(8)9(15)10(12,13)14/h3-5H,2H2,1H3. The summed E-state index contributed by atoms with van der Waals surface area (Å²) in [6.07, 6.45) is -4.90. The number of ketones is 1. The van der Waals surface area contributed by atoms with Crippen molar-refractivity contribution in [3.63, 3.8) is 0 Å². The highest BCUT2D eigenvalue weighted by molar-refractivity contribution is 9.10. The Morgan fingerprint density at radius 1 is 1.44 bits per heavy atom. The van der Waals surface area contributed by atoms with E-state index in [1.807, 2.05) is 0 Å². The maximum atomic E-state index is 12.3. The van der Waals surface area contributed by atoms with Crippen LogP contribution in [0.5, 0.6) is 5.75 Å². The molecule has 1 aromatic carbocycles. The van der Waals surface area contributed by atoms with Crippen LogP contribution in [0.15, 0.2) is 22.7 Å². The van der Waals surface area contributed by atoms with Gasteiger partial charge in [-0.05, 0) is 25.1 Å². The van der Waals surface area contributed by atoms with Gasteiger partial charge < -0.3 is 4.74 Å². The maximum absolute atomic E-state index is 12.3. The number of carbonyl (C=O) groups is 1. The minimum absolute atomic E-state index is 0.0620. The van der Waals surface area contributed by atoms with E-state index in [1.165, 1.54) is 12.1 Å². The van der Waals surface area contributed by atoms with E-state index in [0.29, 0.717) is 4.47 Å². The molecule has 88 valence electrons. The van der Waals surface area contributed by atoms with Crippen LogP contribution in [0, 0.1) is 0 Å². The molecule has 0 atom stereocenters. The molecule has 0 amide bonds. The number of hydrogen-bond acceptors (Lipinski definition) is 2. The molecule has 0 saturated carbocycles. The summed E-state index contributed by atoms with van der Waals surface area (Å²) in [5.74, 6) is -1.97. The highest BCUT2D eigenvalue weighted by Gasteiger charge is 2.40. The lowest BCUT2D eigenvalue weighted by Crippen LogP contribution is -2.23. The maximum Gasteiger partial charge on any atom is 0.455 e. The normalized spacial score (nSPS) is 11.3. The van der Waals surface area contributed by atoms with Crippen LogP contribution in [0.3, 0.4) is 0 Å². The topological polar surface area (TPSA) is 26.3 Å². The lowest BCUT2D eigenvalue weighted by atomic mass is 10.1. The molecule has 6 heteroatoms. The molecule has 0 fully saturated rings. The third-order valence-electron chi connectivity index (χ3n) is 1.74. The smallest absolute Gasteiger partial charge is 0.455 e. The Balaban J connectivity index is 3.19. The van der Waals surface area contributed by atoms with E-state index in [0.717, 1.165) is 6.07 Å². The summed E-state index contributed by atoms with van der Waals surface area (Å²) < 4.78 is 42.2. The van der Waals surface area contributed by atoms with Crippen LogP contribution in [-0.4, -0.2) is 18.6 Å². The molecule has 0 radical (unpaired) electrons. The summed E-state index contributed by atoms with van der Waals surface area (Å²) in [6.45, 7) is 1.82. The average molecular weight is 297 g/mol. The predicted octanol–water partition coefficient (Wildman–Crippen LogP) is 3.59. The number of rotatable bonds is 3. The first-order chi connectivity index (χ1) is 7.36. The molecule has 0 aliphatic carbocycles. The Bertz CT molecular complexity index is 402. The molecule has 1 aromatic rings. The van der Waals surface area contributed by atoms with Crippen molar-refractivity contribution in [1.82, 2.24) is 0 Å². The molecule has 2 nitrogen and oxygen atoms in total. The van der Waals surface area contributed by atoms with Gasteiger partial charge in [0.05, 0.1) is 12.2 Å². The molecule has 0 aliphatic heterocycles. The van der Waals surface area contributed by atoms with Crippen LogP contribution >= 0.6 is 15.9 Å². The van der Waals surface area contributed by atoms with Gasteiger partial charge in [-0.1, -0.05) is 15.9 Å². The van der Waals surface area contributed by atoms with E-state index >= 15 is 0 Å². The molecular formula is C10H8BrF3O2. The van der Waals surface area contributed by atoms with Crippen molar-refractivity contribution >= 4 is 21.7 Å². The summed E-state index contributed by atoms with van der Waals surface area (Å²) in [7, 11) is 0. The van der Waals surface area contributed by atoms with Crippen LogP contribution in [0.1, 0.15) is 17.3 Å². The van der Waals surface area contributed by atoms with Crippen LogP contribution < -0.4 is 4.74 Å².